The molecule has 0 radical (unpaired) electrons. The Morgan fingerprint density at radius 3 is 2.00 bits per heavy atom. The second-order valence-corrected chi connectivity index (χ2v) is 26.8. The van der Waals surface area contributed by atoms with E-state index in [-0.39, 0.29) is 23.1 Å². The van der Waals surface area contributed by atoms with Gasteiger partial charge in [0.15, 0.2) is 0 Å². The lowest BCUT2D eigenvalue weighted by Crippen LogP contribution is -2.57. The first-order valence-corrected chi connectivity index (χ1v) is 29.9. The molecule has 0 N–H and O–H groups in total. The molecule has 10 aromatic carbocycles. The van der Waals surface area contributed by atoms with Crippen LogP contribution in [0.1, 0.15) is 33.2 Å². The first-order chi connectivity index (χ1) is 40.6. The van der Waals surface area contributed by atoms with E-state index >= 15 is 0 Å². The van der Waals surface area contributed by atoms with Gasteiger partial charge in [0.2, 0.25) is 0 Å². The minimum Gasteiger partial charge on any atom is -0.458 e. The van der Waals surface area contributed by atoms with Crippen LogP contribution in [0.5, 0.6) is 11.5 Å². The summed E-state index contributed by atoms with van der Waals surface area (Å²) in [6.07, 6.45) is 5.86. The van der Waals surface area contributed by atoms with E-state index in [2.05, 4.69) is 193 Å². The summed E-state index contributed by atoms with van der Waals surface area (Å²) < 4.78 is 66.9. The fraction of sp³-hybridized carbons (Fsp3) is 0.0833. The number of hydrogen-bond donors (Lipinski definition) is 0. The van der Waals surface area contributed by atoms with Gasteiger partial charge in [-0.25, -0.2) is 4.98 Å². The Balaban J connectivity index is 0.971. The summed E-state index contributed by atoms with van der Waals surface area (Å²) in [4.78, 5) is 4.93. The second-order valence-electron chi connectivity index (χ2n) is 22.5. The third-order valence-corrected chi connectivity index (χ3v) is 20.1. The number of para-hydroxylation sites is 3. The van der Waals surface area contributed by atoms with Crippen LogP contribution in [0.4, 0.5) is 0 Å². The Bertz CT molecular complexity index is 5190. The number of fused-ring (bicyclic) bond motifs is 15. The van der Waals surface area contributed by atoms with Crippen molar-refractivity contribution in [1.29, 1.82) is 0 Å². The minimum absolute atomic E-state index is 0.0733. The number of aromatic nitrogens is 4. The van der Waals surface area contributed by atoms with E-state index in [0.29, 0.717) is 28.3 Å². The molecule has 2 aliphatic rings. The van der Waals surface area contributed by atoms with Crippen LogP contribution in [0.3, 0.4) is 0 Å². The smallest absolute Gasteiger partial charge is 0.269 e. The van der Waals surface area contributed by atoms with Crippen LogP contribution >= 0.6 is 0 Å². The molecule has 0 spiro atoms. The average molecular weight is 1040 g/mol. The Morgan fingerprint density at radius 2 is 1.20 bits per heavy atom. The second kappa shape index (κ2) is 16.7. The summed E-state index contributed by atoms with van der Waals surface area (Å²) in [6.45, 7) is 11.5. The lowest BCUT2D eigenvalue weighted by molar-refractivity contribution is -0.570. The monoisotopic (exact) mass is 1040 g/mol. The zero-order valence-corrected chi connectivity index (χ0v) is 45.1. The van der Waals surface area contributed by atoms with Gasteiger partial charge in [-0.1, -0.05) is 185 Å². The zero-order valence-electron chi connectivity index (χ0n) is 49.1. The van der Waals surface area contributed by atoms with E-state index in [1.54, 1.807) is 0 Å². The number of pyridine rings is 1. The van der Waals surface area contributed by atoms with Gasteiger partial charge in [0.25, 0.3) is 6.33 Å². The van der Waals surface area contributed by atoms with Crippen molar-refractivity contribution in [2.24, 2.45) is 0 Å². The molecule has 6 heterocycles. The minimum atomic E-state index is -2.55. The highest BCUT2D eigenvalue weighted by molar-refractivity contribution is 7.02. The molecular formula is C72H52N4O2Si. The maximum Gasteiger partial charge on any atom is 0.269 e. The molecule has 2 aliphatic heterocycles. The number of ether oxygens (including phenoxy) is 1. The van der Waals surface area contributed by atoms with Gasteiger partial charge >= 0.3 is 0 Å². The largest absolute Gasteiger partial charge is 0.458 e. The Kier molecular flexibility index (Phi) is 8.60. The summed E-state index contributed by atoms with van der Waals surface area (Å²) in [7, 11) is -2.55. The number of furan rings is 1. The highest BCUT2D eigenvalue weighted by atomic mass is 28.3. The highest BCUT2D eigenvalue weighted by Gasteiger charge is 2.39. The summed E-state index contributed by atoms with van der Waals surface area (Å²) in [6, 6.07) is 63.3. The average Bonchev–Trinajstić information content (AvgIpc) is 1.60. The van der Waals surface area contributed by atoms with E-state index in [1.807, 2.05) is 54.7 Å². The summed E-state index contributed by atoms with van der Waals surface area (Å²) in [5.41, 5.74) is 15.8. The molecule has 0 unspecified atom stereocenters. The molecule has 0 bridgehead atoms. The highest BCUT2D eigenvalue weighted by Crippen LogP contribution is 2.48. The molecule has 16 rings (SSSR count). The van der Waals surface area contributed by atoms with E-state index in [0.717, 1.165) is 105 Å². The predicted molar refractivity (Wildman–Crippen MR) is 326 cm³/mol. The Hall–Kier alpha value is -9.56. The molecule has 6 nitrogen and oxygen atoms in total. The van der Waals surface area contributed by atoms with Crippen molar-refractivity contribution < 1.29 is 20.6 Å². The lowest BCUT2D eigenvalue weighted by atomic mass is 9.86. The Morgan fingerprint density at radius 1 is 0.557 bits per heavy atom. The van der Waals surface area contributed by atoms with Crippen LogP contribution in [0, 0.1) is 6.33 Å². The van der Waals surface area contributed by atoms with Crippen LogP contribution in [0.25, 0.3) is 128 Å². The van der Waals surface area contributed by atoms with Crippen molar-refractivity contribution in [1.82, 2.24) is 14.1 Å². The fourth-order valence-corrected chi connectivity index (χ4v) is 15.8. The standard InChI is InChI=1S/C72H52N4O2Si/c1-72(2,3)46-36-37-73-67(40-46)76-61-28-15-13-24-54(61)55-32-30-47(41-62(55)76)77-48-31-34-65-63(42-48)74-43-75-68-59(44-18-7-6-8-19-44)38-45(49-26-17-27-58-56-25-14-16-29-64(56)78-71(49)58)39-60(68)53-23-12-10-21-51(53)50-20-9-11-22-52(50)57-33-35-66(79(65,4)5)70(74)69(57)75/h6-42H,1-5H3/i6D,7D,8D,18D,19D. The van der Waals surface area contributed by atoms with Crippen LogP contribution in [-0.2, 0) is 5.41 Å². The molecule has 0 atom stereocenters. The van der Waals surface area contributed by atoms with Crippen molar-refractivity contribution in [2.75, 3.05) is 0 Å². The molecule has 14 aromatic rings. The van der Waals surface area contributed by atoms with E-state index in [1.165, 1.54) is 15.9 Å². The molecule has 0 saturated heterocycles. The van der Waals surface area contributed by atoms with Crippen molar-refractivity contribution in [3.63, 3.8) is 0 Å². The van der Waals surface area contributed by atoms with Gasteiger partial charge in [-0.3, -0.25) is 13.7 Å². The molecule has 0 aliphatic carbocycles. The topological polar surface area (TPSA) is 49.0 Å². The summed E-state index contributed by atoms with van der Waals surface area (Å²) in [5.74, 6) is 2.17. The van der Waals surface area contributed by atoms with Gasteiger partial charge in [0.05, 0.1) is 40.3 Å². The number of benzene rings is 10. The number of rotatable bonds is 5. The van der Waals surface area contributed by atoms with Gasteiger partial charge < -0.3 is 9.15 Å². The van der Waals surface area contributed by atoms with E-state index < -0.39 is 26.2 Å². The maximum absolute atomic E-state index is 9.73. The van der Waals surface area contributed by atoms with Crippen LogP contribution in [0.2, 0.25) is 13.1 Å². The molecule has 0 saturated carbocycles. The zero-order chi connectivity index (χ0) is 57.2. The molecule has 79 heavy (non-hydrogen) atoms. The van der Waals surface area contributed by atoms with Gasteiger partial charge in [-0.15, -0.1) is 0 Å². The third kappa shape index (κ3) is 6.76. The molecule has 0 amide bonds. The van der Waals surface area contributed by atoms with Crippen LogP contribution < -0.4 is 19.7 Å². The first kappa shape index (κ1) is 40.7. The van der Waals surface area contributed by atoms with Crippen molar-refractivity contribution in [3.05, 3.63) is 236 Å². The van der Waals surface area contributed by atoms with Crippen molar-refractivity contribution in [2.45, 2.75) is 39.3 Å². The van der Waals surface area contributed by atoms with E-state index in [9.17, 15) is 2.74 Å². The molecule has 376 valence electrons. The van der Waals surface area contributed by atoms with Gasteiger partial charge in [0, 0.05) is 39.4 Å². The Labute approximate surface area is 465 Å². The van der Waals surface area contributed by atoms with Gasteiger partial charge in [-0.2, -0.15) is 0 Å². The first-order valence-electron chi connectivity index (χ1n) is 29.4. The number of nitrogens with zero attached hydrogens (tertiary/aromatic N) is 4. The summed E-state index contributed by atoms with van der Waals surface area (Å²) in [5, 5.41) is 6.57. The van der Waals surface area contributed by atoms with Crippen molar-refractivity contribution >= 4 is 73.2 Å². The third-order valence-electron chi connectivity index (χ3n) is 16.6. The van der Waals surface area contributed by atoms with Gasteiger partial charge in [0.1, 0.15) is 36.6 Å². The van der Waals surface area contributed by atoms with Gasteiger partial charge in [-0.05, 0) is 132 Å². The van der Waals surface area contributed by atoms with E-state index in [4.69, 9.17) is 18.3 Å². The molecule has 7 heteroatoms. The van der Waals surface area contributed by atoms with Crippen LogP contribution in [-0.4, -0.2) is 22.2 Å². The normalized spacial score (nSPS) is 14.1. The molecular weight excluding hydrogens is 981 g/mol. The maximum atomic E-state index is 9.73. The summed E-state index contributed by atoms with van der Waals surface area (Å²) >= 11 is 0. The number of hydrogen-bond acceptors (Lipinski definition) is 3. The number of imidazole rings is 1. The molecule has 0 fully saturated rings. The SMILES string of the molecule is [2H]c1c([2H])c([2H])c(-c2cc(-c3cccc4c3oc3ccccc34)cc3c2-[n+]2[c-]n4c5c(ccc(c52)-c2ccccc2-c2ccccc2-3)[Si](C)(C)c2ccc(Oc3ccc5c6ccccc6n(-c6cc(C(C)(C)C)ccn6)c5c3)cc2-4)c([2H])c1[2H]. The van der Waals surface area contributed by atoms with Crippen LogP contribution in [0.15, 0.2) is 229 Å². The fourth-order valence-electron chi connectivity index (χ4n) is 12.8. The van der Waals surface area contributed by atoms with Crippen molar-refractivity contribution in [3.8, 4) is 84.3 Å². The lowest BCUT2D eigenvalue weighted by Gasteiger charge is -2.33. The molecule has 4 aromatic heterocycles. The predicted octanol–water partition coefficient (Wildman–Crippen LogP) is 17.0. The quantitative estimate of drug-likeness (QED) is 0.0980.